The number of hydrogen-bond acceptors (Lipinski definition) is 5. The van der Waals surface area contributed by atoms with Crippen LogP contribution in [-0.2, 0) is 9.59 Å². The average Bonchev–Trinajstić information content (AvgIpc) is 3.17. The van der Waals surface area contributed by atoms with Gasteiger partial charge in [-0.25, -0.2) is 4.79 Å². The Morgan fingerprint density at radius 2 is 2.00 bits per heavy atom. The summed E-state index contributed by atoms with van der Waals surface area (Å²) in [6.45, 7) is 1.64. The van der Waals surface area contributed by atoms with Crippen LogP contribution in [0.3, 0.4) is 0 Å². The standard InChI is InChI=1S/C18H21N3O4S/c1-2-3-15(23)19-13-6-4-12(5-7-13)14(22)10-21-16(24)18(20-17(21)25)8-9-26-11-18/h4-7H,2-3,8-11H2,1H3,(H,19,23)(H,20,25). The van der Waals surface area contributed by atoms with Crippen molar-refractivity contribution in [2.24, 2.45) is 0 Å². The minimum absolute atomic E-state index is 0.0781. The second-order valence-electron chi connectivity index (χ2n) is 6.50. The first kappa shape index (κ1) is 18.4. The van der Waals surface area contributed by atoms with Gasteiger partial charge in [0.1, 0.15) is 5.54 Å². The van der Waals surface area contributed by atoms with Gasteiger partial charge in [-0.3, -0.25) is 19.3 Å². The van der Waals surface area contributed by atoms with Crippen LogP contribution in [0.4, 0.5) is 10.5 Å². The van der Waals surface area contributed by atoms with Crippen LogP contribution in [0.2, 0.25) is 0 Å². The Labute approximate surface area is 155 Å². The Kier molecular flexibility index (Phi) is 5.31. The molecule has 4 amide bonds. The van der Waals surface area contributed by atoms with Gasteiger partial charge in [-0.2, -0.15) is 11.8 Å². The molecule has 2 heterocycles. The molecule has 1 aromatic rings. The third-order valence-corrected chi connectivity index (χ3v) is 5.73. The van der Waals surface area contributed by atoms with Crippen LogP contribution in [0.25, 0.3) is 0 Å². The van der Waals surface area contributed by atoms with Crippen LogP contribution in [0.5, 0.6) is 0 Å². The van der Waals surface area contributed by atoms with Gasteiger partial charge in [0.15, 0.2) is 5.78 Å². The lowest BCUT2D eigenvalue weighted by Crippen LogP contribution is -2.47. The van der Waals surface area contributed by atoms with Gasteiger partial charge in [-0.1, -0.05) is 6.92 Å². The van der Waals surface area contributed by atoms with E-state index in [4.69, 9.17) is 0 Å². The SMILES string of the molecule is CCCC(=O)Nc1ccc(C(=O)CN2C(=O)NC3(CCSC3)C2=O)cc1. The number of thioether (sulfide) groups is 1. The predicted molar refractivity (Wildman–Crippen MR) is 99.2 cm³/mol. The molecule has 1 atom stereocenters. The highest BCUT2D eigenvalue weighted by Gasteiger charge is 2.53. The number of nitrogens with zero attached hydrogens (tertiary/aromatic N) is 1. The van der Waals surface area contributed by atoms with Gasteiger partial charge in [0.2, 0.25) is 5.91 Å². The summed E-state index contributed by atoms with van der Waals surface area (Å²) < 4.78 is 0. The molecule has 0 radical (unpaired) electrons. The Hall–Kier alpha value is -2.35. The molecule has 3 rings (SSSR count). The second-order valence-corrected chi connectivity index (χ2v) is 7.61. The number of anilines is 1. The quantitative estimate of drug-likeness (QED) is 0.586. The molecule has 2 fully saturated rings. The lowest BCUT2D eigenvalue weighted by atomic mass is 9.99. The van der Waals surface area contributed by atoms with Gasteiger partial charge in [0, 0.05) is 23.4 Å². The first-order valence-electron chi connectivity index (χ1n) is 8.60. The first-order chi connectivity index (χ1) is 12.4. The van der Waals surface area contributed by atoms with E-state index in [0.29, 0.717) is 29.8 Å². The van der Waals surface area contributed by atoms with Crippen molar-refractivity contribution in [2.75, 3.05) is 23.4 Å². The first-order valence-corrected chi connectivity index (χ1v) is 9.75. The fourth-order valence-corrected chi connectivity index (χ4v) is 4.40. The van der Waals surface area contributed by atoms with Crippen LogP contribution in [0.1, 0.15) is 36.5 Å². The molecule has 2 aliphatic heterocycles. The highest BCUT2D eigenvalue weighted by molar-refractivity contribution is 7.99. The van der Waals surface area contributed by atoms with E-state index >= 15 is 0 Å². The minimum atomic E-state index is -0.838. The van der Waals surface area contributed by atoms with E-state index in [-0.39, 0.29) is 24.1 Å². The van der Waals surface area contributed by atoms with Gasteiger partial charge in [-0.05, 0) is 42.9 Å². The van der Waals surface area contributed by atoms with Gasteiger partial charge < -0.3 is 10.6 Å². The fraction of sp³-hybridized carbons (Fsp3) is 0.444. The zero-order valence-electron chi connectivity index (χ0n) is 14.5. The molecule has 0 aromatic heterocycles. The smallest absolute Gasteiger partial charge is 0.325 e. The largest absolute Gasteiger partial charge is 0.326 e. The lowest BCUT2D eigenvalue weighted by molar-refractivity contribution is -0.130. The summed E-state index contributed by atoms with van der Waals surface area (Å²) >= 11 is 1.62. The molecule has 7 nitrogen and oxygen atoms in total. The van der Waals surface area contributed by atoms with Crippen molar-refractivity contribution >= 4 is 41.1 Å². The monoisotopic (exact) mass is 375 g/mol. The van der Waals surface area contributed by atoms with Crippen molar-refractivity contribution in [1.82, 2.24) is 10.2 Å². The summed E-state index contributed by atoms with van der Waals surface area (Å²) in [5.41, 5.74) is 0.160. The average molecular weight is 375 g/mol. The predicted octanol–water partition coefficient (Wildman–Crippen LogP) is 2.04. The number of imide groups is 1. The number of Topliss-reactive ketones (excluding diaryl/α,β-unsaturated/α-hetero) is 1. The Morgan fingerprint density at radius 1 is 1.27 bits per heavy atom. The Bertz CT molecular complexity index is 741. The van der Waals surface area contributed by atoms with Crippen molar-refractivity contribution in [3.63, 3.8) is 0 Å². The van der Waals surface area contributed by atoms with E-state index in [9.17, 15) is 19.2 Å². The van der Waals surface area contributed by atoms with E-state index in [1.54, 1.807) is 36.0 Å². The summed E-state index contributed by atoms with van der Waals surface area (Å²) in [6.07, 6.45) is 1.79. The second kappa shape index (κ2) is 7.49. The third kappa shape index (κ3) is 3.60. The zero-order chi connectivity index (χ0) is 18.7. The molecule has 0 aliphatic carbocycles. The number of benzene rings is 1. The van der Waals surface area contributed by atoms with E-state index in [1.807, 2.05) is 6.92 Å². The molecule has 2 aliphatic rings. The van der Waals surface area contributed by atoms with Crippen molar-refractivity contribution in [1.29, 1.82) is 0 Å². The van der Waals surface area contributed by atoms with Gasteiger partial charge in [0.05, 0.1) is 6.54 Å². The fourth-order valence-electron chi connectivity index (χ4n) is 3.08. The number of urea groups is 1. The van der Waals surface area contributed by atoms with E-state index in [1.165, 1.54) is 0 Å². The molecular weight excluding hydrogens is 354 g/mol. The maximum absolute atomic E-state index is 12.6. The molecule has 0 bridgehead atoms. The topological polar surface area (TPSA) is 95.6 Å². The van der Waals surface area contributed by atoms with Crippen LogP contribution >= 0.6 is 11.8 Å². The number of carbonyl (C=O) groups is 4. The number of nitrogens with one attached hydrogen (secondary N) is 2. The summed E-state index contributed by atoms with van der Waals surface area (Å²) in [5, 5.41) is 5.49. The Balaban J connectivity index is 1.64. The number of amides is 4. The minimum Gasteiger partial charge on any atom is -0.326 e. The molecule has 1 aromatic carbocycles. The van der Waals surface area contributed by atoms with E-state index < -0.39 is 11.6 Å². The van der Waals surface area contributed by atoms with Gasteiger partial charge >= 0.3 is 6.03 Å². The van der Waals surface area contributed by atoms with Crippen molar-refractivity contribution in [3.05, 3.63) is 29.8 Å². The number of carbonyl (C=O) groups excluding carboxylic acids is 4. The maximum Gasteiger partial charge on any atom is 0.325 e. The van der Waals surface area contributed by atoms with Crippen LogP contribution in [0, 0.1) is 0 Å². The molecule has 0 saturated carbocycles. The summed E-state index contributed by atoms with van der Waals surface area (Å²) in [5.74, 6) is 0.658. The van der Waals surface area contributed by atoms with Gasteiger partial charge in [0.25, 0.3) is 5.91 Å². The highest BCUT2D eigenvalue weighted by Crippen LogP contribution is 2.33. The molecule has 138 valence electrons. The molecule has 8 heteroatoms. The summed E-state index contributed by atoms with van der Waals surface area (Å²) in [4.78, 5) is 49.8. The van der Waals surface area contributed by atoms with Crippen molar-refractivity contribution in [3.8, 4) is 0 Å². The van der Waals surface area contributed by atoms with E-state index in [0.717, 1.165) is 17.1 Å². The van der Waals surface area contributed by atoms with Gasteiger partial charge in [-0.15, -0.1) is 0 Å². The third-order valence-electron chi connectivity index (χ3n) is 4.54. The van der Waals surface area contributed by atoms with Crippen LogP contribution in [0.15, 0.2) is 24.3 Å². The van der Waals surface area contributed by atoms with Crippen molar-refractivity contribution in [2.45, 2.75) is 31.7 Å². The zero-order valence-corrected chi connectivity index (χ0v) is 15.4. The maximum atomic E-state index is 12.6. The molecule has 1 spiro atoms. The molecule has 1 unspecified atom stereocenters. The molecule has 2 saturated heterocycles. The highest BCUT2D eigenvalue weighted by atomic mass is 32.2. The Morgan fingerprint density at radius 3 is 2.62 bits per heavy atom. The molecule has 26 heavy (non-hydrogen) atoms. The number of ketones is 1. The molecular formula is C18H21N3O4S. The summed E-state index contributed by atoms with van der Waals surface area (Å²) in [6, 6.07) is 5.95. The van der Waals surface area contributed by atoms with Crippen LogP contribution < -0.4 is 10.6 Å². The lowest BCUT2D eigenvalue weighted by Gasteiger charge is -2.19. The number of rotatable bonds is 6. The van der Waals surface area contributed by atoms with Crippen molar-refractivity contribution < 1.29 is 19.2 Å². The van der Waals surface area contributed by atoms with Crippen LogP contribution in [-0.4, -0.2) is 52.1 Å². The number of hydrogen-bond donors (Lipinski definition) is 2. The molecule has 2 N–H and O–H groups in total. The normalized spacial score (nSPS) is 22.0. The summed E-state index contributed by atoms with van der Waals surface area (Å²) in [7, 11) is 0. The van der Waals surface area contributed by atoms with E-state index in [2.05, 4.69) is 10.6 Å².